The maximum atomic E-state index is 11.9. The van der Waals surface area contributed by atoms with E-state index in [2.05, 4.69) is 16.0 Å². The molecule has 0 aromatic carbocycles. The number of Topliss-reactive ketones (excluding diaryl/α,β-unsaturated/α-hetero) is 1. The second-order valence-electron chi connectivity index (χ2n) is 5.24. The first-order valence-corrected chi connectivity index (χ1v) is 7.70. The molecule has 1 atom stereocenters. The van der Waals surface area contributed by atoms with Crippen molar-refractivity contribution in [2.45, 2.75) is 57.9 Å². The maximum absolute atomic E-state index is 11.9. The molecule has 0 bridgehead atoms. The minimum absolute atomic E-state index is 0.0866. The Bertz CT molecular complexity index is 270. The molecule has 0 heterocycles. The Kier molecular flexibility index (Phi) is 12.4. The highest BCUT2D eigenvalue weighted by atomic mass is 16.2. The first kappa shape index (κ1) is 19.1. The topological polar surface area (TPSA) is 70.2 Å². The third-order valence-electron chi connectivity index (χ3n) is 3.34. The second-order valence-corrected chi connectivity index (χ2v) is 5.24. The van der Waals surface area contributed by atoms with Crippen molar-refractivity contribution < 1.29 is 9.59 Å². The fourth-order valence-corrected chi connectivity index (χ4v) is 2.07. The fraction of sp³-hybridized carbons (Fsp3) is 0.867. The summed E-state index contributed by atoms with van der Waals surface area (Å²) in [5.41, 5.74) is 0. The van der Waals surface area contributed by atoms with Gasteiger partial charge in [0.2, 0.25) is 5.91 Å². The molecule has 0 aromatic rings. The van der Waals surface area contributed by atoms with E-state index in [9.17, 15) is 9.59 Å². The van der Waals surface area contributed by atoms with E-state index in [0.717, 1.165) is 45.1 Å². The Balaban J connectivity index is 3.62. The summed E-state index contributed by atoms with van der Waals surface area (Å²) in [7, 11) is 3.77. The molecule has 0 radical (unpaired) electrons. The van der Waals surface area contributed by atoms with E-state index in [0.29, 0.717) is 13.0 Å². The Hall–Kier alpha value is -0.940. The number of likely N-dealkylation sites (N-methyl/N-ethyl adjacent to an activating group) is 1. The lowest BCUT2D eigenvalue weighted by molar-refractivity contribution is -0.123. The third kappa shape index (κ3) is 10.9. The summed E-state index contributed by atoms with van der Waals surface area (Å²) < 4.78 is 0. The van der Waals surface area contributed by atoms with Crippen LogP contribution in [0.3, 0.4) is 0 Å². The number of ketones is 1. The van der Waals surface area contributed by atoms with Crippen molar-refractivity contribution in [3.05, 3.63) is 0 Å². The number of carbonyl (C=O) groups excluding carboxylic acids is 2. The summed E-state index contributed by atoms with van der Waals surface area (Å²) in [6, 6.07) is -0.0934. The summed E-state index contributed by atoms with van der Waals surface area (Å²) in [5.74, 6) is 0.328. The highest BCUT2D eigenvalue weighted by Crippen LogP contribution is 2.02. The average molecular weight is 285 g/mol. The summed E-state index contributed by atoms with van der Waals surface area (Å²) in [6.45, 7) is 3.31. The molecule has 1 unspecified atom stereocenters. The van der Waals surface area contributed by atoms with Gasteiger partial charge in [-0.2, -0.15) is 0 Å². The number of rotatable bonds is 13. The predicted octanol–water partition coefficient (Wildman–Crippen LogP) is 1.23. The van der Waals surface area contributed by atoms with E-state index in [1.807, 2.05) is 14.1 Å². The molecule has 0 saturated heterocycles. The highest BCUT2D eigenvalue weighted by Gasteiger charge is 2.14. The van der Waals surface area contributed by atoms with Gasteiger partial charge in [-0.25, -0.2) is 0 Å². The van der Waals surface area contributed by atoms with Gasteiger partial charge in [-0.3, -0.25) is 4.79 Å². The van der Waals surface area contributed by atoms with Crippen molar-refractivity contribution in [1.82, 2.24) is 16.0 Å². The van der Waals surface area contributed by atoms with Gasteiger partial charge in [0.1, 0.15) is 5.78 Å². The Labute approximate surface area is 123 Å². The van der Waals surface area contributed by atoms with Crippen LogP contribution in [0.5, 0.6) is 0 Å². The number of hydrogen-bond donors (Lipinski definition) is 3. The third-order valence-corrected chi connectivity index (χ3v) is 3.34. The van der Waals surface area contributed by atoms with Gasteiger partial charge in [0.25, 0.3) is 0 Å². The van der Waals surface area contributed by atoms with Crippen molar-refractivity contribution in [2.75, 3.05) is 27.2 Å². The average Bonchev–Trinajstić information content (AvgIpc) is 2.42. The van der Waals surface area contributed by atoms with E-state index in [1.165, 1.54) is 0 Å². The van der Waals surface area contributed by atoms with Crippen LogP contribution in [0.15, 0.2) is 0 Å². The Morgan fingerprint density at radius 1 is 0.950 bits per heavy atom. The normalized spacial score (nSPS) is 12.2. The molecule has 0 fully saturated rings. The van der Waals surface area contributed by atoms with E-state index >= 15 is 0 Å². The monoisotopic (exact) mass is 285 g/mol. The van der Waals surface area contributed by atoms with Crippen molar-refractivity contribution in [3.8, 4) is 0 Å². The smallest absolute Gasteiger partial charge is 0.237 e. The molecule has 5 nitrogen and oxygen atoms in total. The standard InChI is InChI=1S/C15H31N3O2/c1-13(19)9-5-4-7-12-18-15(20)14(17-3)10-6-8-11-16-2/h14,16-17H,4-12H2,1-3H3,(H,18,20). The summed E-state index contributed by atoms with van der Waals surface area (Å²) in [4.78, 5) is 22.7. The number of hydrogen-bond acceptors (Lipinski definition) is 4. The van der Waals surface area contributed by atoms with Crippen LogP contribution in [0, 0.1) is 0 Å². The highest BCUT2D eigenvalue weighted by molar-refractivity contribution is 5.81. The number of unbranched alkanes of at least 4 members (excludes halogenated alkanes) is 3. The van der Waals surface area contributed by atoms with Gasteiger partial charge in [-0.1, -0.05) is 12.8 Å². The minimum atomic E-state index is -0.0934. The van der Waals surface area contributed by atoms with Gasteiger partial charge in [-0.15, -0.1) is 0 Å². The van der Waals surface area contributed by atoms with E-state index in [1.54, 1.807) is 6.92 Å². The van der Waals surface area contributed by atoms with Crippen LogP contribution in [-0.2, 0) is 9.59 Å². The number of carbonyl (C=O) groups is 2. The van der Waals surface area contributed by atoms with E-state index < -0.39 is 0 Å². The van der Waals surface area contributed by atoms with Crippen LogP contribution >= 0.6 is 0 Å². The van der Waals surface area contributed by atoms with Gasteiger partial charge in [0.15, 0.2) is 0 Å². The van der Waals surface area contributed by atoms with Crippen LogP contribution in [-0.4, -0.2) is 44.9 Å². The quantitative estimate of drug-likeness (QED) is 0.445. The number of amides is 1. The van der Waals surface area contributed by atoms with Gasteiger partial charge in [0.05, 0.1) is 6.04 Å². The molecule has 5 heteroatoms. The van der Waals surface area contributed by atoms with Crippen molar-refractivity contribution in [2.24, 2.45) is 0 Å². The van der Waals surface area contributed by atoms with Gasteiger partial charge in [-0.05, 0) is 53.2 Å². The molecule has 0 aliphatic rings. The van der Waals surface area contributed by atoms with Crippen LogP contribution in [0.1, 0.15) is 51.9 Å². The Morgan fingerprint density at radius 3 is 2.25 bits per heavy atom. The van der Waals surface area contributed by atoms with Gasteiger partial charge < -0.3 is 20.7 Å². The summed E-state index contributed by atoms with van der Waals surface area (Å²) in [5, 5.41) is 9.13. The maximum Gasteiger partial charge on any atom is 0.237 e. The largest absolute Gasteiger partial charge is 0.355 e. The zero-order chi connectivity index (χ0) is 15.2. The van der Waals surface area contributed by atoms with Crippen LogP contribution in [0.4, 0.5) is 0 Å². The molecule has 0 rings (SSSR count). The molecule has 0 saturated carbocycles. The SMILES string of the molecule is CNCCCCC(NC)C(=O)NCCCCCC(C)=O. The molecule has 20 heavy (non-hydrogen) atoms. The minimum Gasteiger partial charge on any atom is -0.355 e. The van der Waals surface area contributed by atoms with Crippen LogP contribution < -0.4 is 16.0 Å². The van der Waals surface area contributed by atoms with E-state index in [-0.39, 0.29) is 17.7 Å². The fourth-order valence-electron chi connectivity index (χ4n) is 2.07. The zero-order valence-corrected chi connectivity index (χ0v) is 13.3. The predicted molar refractivity (Wildman–Crippen MR) is 82.8 cm³/mol. The van der Waals surface area contributed by atoms with Crippen LogP contribution in [0.2, 0.25) is 0 Å². The van der Waals surface area contributed by atoms with E-state index in [4.69, 9.17) is 0 Å². The molecule has 0 spiro atoms. The molecular weight excluding hydrogens is 254 g/mol. The lowest BCUT2D eigenvalue weighted by Gasteiger charge is -2.16. The second kappa shape index (κ2) is 13.1. The molecule has 0 aliphatic heterocycles. The Morgan fingerprint density at radius 2 is 1.65 bits per heavy atom. The van der Waals surface area contributed by atoms with Crippen molar-refractivity contribution in [3.63, 3.8) is 0 Å². The van der Waals surface area contributed by atoms with Crippen LogP contribution in [0.25, 0.3) is 0 Å². The van der Waals surface area contributed by atoms with Gasteiger partial charge in [0, 0.05) is 13.0 Å². The lowest BCUT2D eigenvalue weighted by Crippen LogP contribution is -2.42. The molecule has 1 amide bonds. The van der Waals surface area contributed by atoms with Crippen molar-refractivity contribution >= 4 is 11.7 Å². The first-order valence-electron chi connectivity index (χ1n) is 7.70. The lowest BCUT2D eigenvalue weighted by atomic mass is 10.1. The van der Waals surface area contributed by atoms with Gasteiger partial charge >= 0.3 is 0 Å². The van der Waals surface area contributed by atoms with Crippen molar-refractivity contribution in [1.29, 1.82) is 0 Å². The molecule has 0 aromatic heterocycles. The molecule has 3 N–H and O–H groups in total. The number of nitrogens with one attached hydrogen (secondary N) is 3. The molecular formula is C15H31N3O2. The summed E-state index contributed by atoms with van der Waals surface area (Å²) in [6.07, 6.45) is 6.50. The molecule has 118 valence electrons. The summed E-state index contributed by atoms with van der Waals surface area (Å²) >= 11 is 0. The first-order chi connectivity index (χ1) is 9.61. The zero-order valence-electron chi connectivity index (χ0n) is 13.3. The molecule has 0 aliphatic carbocycles.